The van der Waals surface area contributed by atoms with Crippen molar-refractivity contribution in [3.05, 3.63) is 41.7 Å². The first-order valence-electron chi connectivity index (χ1n) is 6.77. The molecule has 0 spiro atoms. The quantitative estimate of drug-likeness (QED) is 0.604. The zero-order chi connectivity index (χ0) is 12.3. The highest BCUT2D eigenvalue weighted by Crippen LogP contribution is 2.35. The smallest absolute Gasteiger partial charge is 0.0502 e. The monoisotopic (exact) mass is 235 g/mol. The fourth-order valence-corrected chi connectivity index (χ4v) is 3.46. The zero-order valence-electron chi connectivity index (χ0n) is 10.9. The van der Waals surface area contributed by atoms with E-state index in [0.717, 1.165) is 6.42 Å². The average molecular weight is 235 g/mol. The van der Waals surface area contributed by atoms with E-state index in [2.05, 4.69) is 60.9 Å². The Kier molecular flexibility index (Phi) is 1.79. The molecular weight excluding hydrogens is 218 g/mol. The third-order valence-electron chi connectivity index (χ3n) is 4.68. The van der Waals surface area contributed by atoms with E-state index in [-0.39, 0.29) is 5.54 Å². The average Bonchev–Trinajstić information content (AvgIpc) is 2.91. The molecule has 1 nitrogen and oxygen atoms in total. The summed E-state index contributed by atoms with van der Waals surface area (Å²) in [6, 6.07) is 13.3. The van der Waals surface area contributed by atoms with Crippen molar-refractivity contribution in [3.63, 3.8) is 0 Å². The van der Waals surface area contributed by atoms with Crippen LogP contribution in [0.5, 0.6) is 0 Å². The Morgan fingerprint density at radius 2 is 1.94 bits per heavy atom. The molecule has 1 aliphatic heterocycles. The summed E-state index contributed by atoms with van der Waals surface area (Å²) in [7, 11) is 0. The van der Waals surface area contributed by atoms with Gasteiger partial charge >= 0.3 is 0 Å². The lowest BCUT2D eigenvalue weighted by Crippen LogP contribution is -2.30. The Morgan fingerprint density at radius 1 is 1.17 bits per heavy atom. The number of fused-ring (bicyclic) bond motifs is 3. The van der Waals surface area contributed by atoms with E-state index in [1.165, 1.54) is 33.4 Å². The number of benzene rings is 2. The second-order valence-corrected chi connectivity index (χ2v) is 5.66. The van der Waals surface area contributed by atoms with Crippen molar-refractivity contribution in [2.24, 2.45) is 0 Å². The maximum absolute atomic E-state index is 2.56. The molecule has 0 amide bonds. The van der Waals surface area contributed by atoms with Crippen molar-refractivity contribution in [2.75, 3.05) is 0 Å². The van der Waals surface area contributed by atoms with Crippen LogP contribution < -0.4 is 5.35 Å². The van der Waals surface area contributed by atoms with Gasteiger partial charge in [0.1, 0.15) is 0 Å². The molecule has 0 N–H and O–H groups in total. The normalized spacial score (nSPS) is 22.6. The van der Waals surface area contributed by atoms with Crippen LogP contribution in [-0.4, -0.2) is 4.57 Å². The minimum absolute atomic E-state index is 0.253. The van der Waals surface area contributed by atoms with Crippen LogP contribution in [0, 0.1) is 0 Å². The van der Waals surface area contributed by atoms with Crippen LogP contribution >= 0.6 is 0 Å². The van der Waals surface area contributed by atoms with E-state index >= 15 is 0 Å². The second-order valence-electron chi connectivity index (χ2n) is 5.66. The predicted octanol–water partition coefficient (Wildman–Crippen LogP) is 3.82. The van der Waals surface area contributed by atoms with Crippen molar-refractivity contribution >= 4 is 27.8 Å². The Labute approximate surface area is 107 Å². The molecule has 90 valence electrons. The van der Waals surface area contributed by atoms with Crippen LogP contribution in [0.3, 0.4) is 0 Å². The summed E-state index contributed by atoms with van der Waals surface area (Å²) in [6.45, 7) is 4.67. The summed E-state index contributed by atoms with van der Waals surface area (Å²) in [5.74, 6) is 0. The van der Waals surface area contributed by atoms with E-state index in [4.69, 9.17) is 0 Å². The molecule has 1 unspecified atom stereocenters. The fourth-order valence-electron chi connectivity index (χ4n) is 3.46. The lowest BCUT2D eigenvalue weighted by molar-refractivity contribution is 0.338. The van der Waals surface area contributed by atoms with Gasteiger partial charge in [0.15, 0.2) is 0 Å². The molecule has 0 saturated carbocycles. The summed E-state index contributed by atoms with van der Waals surface area (Å²) in [5.41, 5.74) is 1.65. The van der Waals surface area contributed by atoms with Gasteiger partial charge in [-0.1, -0.05) is 43.3 Å². The first-order valence-corrected chi connectivity index (χ1v) is 6.77. The van der Waals surface area contributed by atoms with Gasteiger partial charge in [-0.3, -0.25) is 0 Å². The standard InChI is InChI=1S/C17H17N/c1-3-17(2)11-10-14-13-8-4-6-12-7-5-9-15(16(12)13)18(14)17/h4-10H,3,11H2,1-2H3. The van der Waals surface area contributed by atoms with Gasteiger partial charge < -0.3 is 4.57 Å². The van der Waals surface area contributed by atoms with Crippen molar-refractivity contribution in [2.45, 2.75) is 32.2 Å². The maximum Gasteiger partial charge on any atom is 0.0502 e. The first-order chi connectivity index (χ1) is 8.74. The number of nitrogens with zero attached hydrogens (tertiary/aromatic N) is 1. The summed E-state index contributed by atoms with van der Waals surface area (Å²) >= 11 is 0. The van der Waals surface area contributed by atoms with E-state index in [1.54, 1.807) is 0 Å². The van der Waals surface area contributed by atoms with Gasteiger partial charge in [-0.2, -0.15) is 0 Å². The molecule has 1 heteroatoms. The van der Waals surface area contributed by atoms with Crippen LogP contribution in [0.4, 0.5) is 0 Å². The number of aromatic nitrogens is 1. The Morgan fingerprint density at radius 3 is 2.72 bits per heavy atom. The highest BCUT2D eigenvalue weighted by molar-refractivity contribution is 6.10. The summed E-state index contributed by atoms with van der Waals surface area (Å²) in [5, 5.41) is 5.64. The molecule has 0 bridgehead atoms. The van der Waals surface area contributed by atoms with Gasteiger partial charge in [0, 0.05) is 21.7 Å². The molecule has 2 heterocycles. The SMILES string of the molecule is CCC1(C)CC=c2c3cccc4cccc(c43)n21. The Balaban J connectivity index is 2.31. The molecule has 0 aliphatic carbocycles. The number of rotatable bonds is 1. The molecule has 3 aromatic rings. The third-order valence-corrected chi connectivity index (χ3v) is 4.68. The van der Waals surface area contributed by atoms with Crippen LogP contribution in [0.25, 0.3) is 27.8 Å². The molecule has 1 aliphatic rings. The highest BCUT2D eigenvalue weighted by Gasteiger charge is 2.30. The topological polar surface area (TPSA) is 4.93 Å². The van der Waals surface area contributed by atoms with Crippen LogP contribution in [-0.2, 0) is 5.54 Å². The molecule has 4 rings (SSSR count). The Hall–Kier alpha value is -1.76. The second kappa shape index (κ2) is 3.17. The van der Waals surface area contributed by atoms with Gasteiger partial charge in [0.25, 0.3) is 0 Å². The predicted molar refractivity (Wildman–Crippen MR) is 77.7 cm³/mol. The van der Waals surface area contributed by atoms with Crippen molar-refractivity contribution in [3.8, 4) is 0 Å². The van der Waals surface area contributed by atoms with Crippen LogP contribution in [0.15, 0.2) is 36.4 Å². The Bertz CT molecular complexity index is 804. The third kappa shape index (κ3) is 1.03. The summed E-state index contributed by atoms with van der Waals surface area (Å²) in [6.07, 6.45) is 4.75. The number of hydrogen-bond donors (Lipinski definition) is 0. The van der Waals surface area contributed by atoms with E-state index in [9.17, 15) is 0 Å². The summed E-state index contributed by atoms with van der Waals surface area (Å²) in [4.78, 5) is 0. The lowest BCUT2D eigenvalue weighted by Gasteiger charge is -2.27. The van der Waals surface area contributed by atoms with Gasteiger partial charge in [-0.25, -0.2) is 0 Å². The number of hydrogen-bond acceptors (Lipinski definition) is 0. The molecule has 18 heavy (non-hydrogen) atoms. The largest absolute Gasteiger partial charge is 0.334 e. The molecule has 0 saturated heterocycles. The lowest BCUT2D eigenvalue weighted by atomic mass is 9.95. The molecule has 1 aromatic heterocycles. The highest BCUT2D eigenvalue weighted by atomic mass is 15.1. The molecule has 2 aromatic carbocycles. The van der Waals surface area contributed by atoms with Crippen molar-refractivity contribution in [1.29, 1.82) is 0 Å². The van der Waals surface area contributed by atoms with Gasteiger partial charge in [-0.05, 0) is 31.2 Å². The maximum atomic E-state index is 2.56. The van der Waals surface area contributed by atoms with Crippen molar-refractivity contribution < 1.29 is 0 Å². The van der Waals surface area contributed by atoms with Crippen LogP contribution in [0.1, 0.15) is 26.7 Å². The van der Waals surface area contributed by atoms with E-state index in [1.807, 2.05) is 0 Å². The zero-order valence-corrected chi connectivity index (χ0v) is 10.9. The fraction of sp³-hybridized carbons (Fsp3) is 0.294. The van der Waals surface area contributed by atoms with Gasteiger partial charge in [-0.15, -0.1) is 0 Å². The van der Waals surface area contributed by atoms with E-state index < -0.39 is 0 Å². The molecule has 0 radical (unpaired) electrons. The summed E-state index contributed by atoms with van der Waals surface area (Å²) < 4.78 is 2.56. The van der Waals surface area contributed by atoms with Crippen LogP contribution in [0.2, 0.25) is 0 Å². The molecule has 0 fully saturated rings. The molecular formula is C17H17N. The minimum atomic E-state index is 0.253. The van der Waals surface area contributed by atoms with E-state index in [0.29, 0.717) is 0 Å². The first kappa shape index (κ1) is 10.2. The van der Waals surface area contributed by atoms with Crippen molar-refractivity contribution in [1.82, 2.24) is 4.57 Å². The van der Waals surface area contributed by atoms with Gasteiger partial charge in [0.05, 0.1) is 5.52 Å². The molecule has 1 atom stereocenters. The van der Waals surface area contributed by atoms with Gasteiger partial charge in [0.2, 0.25) is 0 Å². The minimum Gasteiger partial charge on any atom is -0.334 e.